The molecule has 0 spiro atoms. The summed E-state index contributed by atoms with van der Waals surface area (Å²) in [5.74, 6) is -0.869. The molecule has 2 aliphatic carbocycles. The van der Waals surface area contributed by atoms with E-state index in [0.717, 1.165) is 32.1 Å². The fourth-order valence-electron chi connectivity index (χ4n) is 3.70. The average molecular weight is 249 g/mol. The van der Waals surface area contributed by atoms with E-state index in [1.54, 1.807) is 0 Å². The summed E-state index contributed by atoms with van der Waals surface area (Å²) in [5.41, 5.74) is 7.97. The molecular weight excluding hydrogens is 226 g/mol. The number of aliphatic carboxylic acids is 1. The molecule has 0 unspecified atom stereocenters. The highest BCUT2D eigenvalue weighted by Crippen LogP contribution is 2.54. The third-order valence-electron chi connectivity index (χ3n) is 5.31. The van der Waals surface area contributed by atoms with Crippen molar-refractivity contribution in [3.05, 3.63) is 23.8 Å². The standard InChI is InChI=1S/C15H23NO2/c1-10-5-4-7-14(3)8-6-12(9-15(10,14)16)11(2)13(17)18/h5,12H,2,4,6-9,16H2,1,3H3,(H,17,18)/t12-,14-,15-/m1/s1. The van der Waals surface area contributed by atoms with Gasteiger partial charge in [0, 0.05) is 11.1 Å². The Kier molecular flexibility index (Phi) is 3.14. The molecule has 0 saturated heterocycles. The number of hydrogen-bond donors (Lipinski definition) is 2. The average Bonchev–Trinajstić information content (AvgIpc) is 2.30. The van der Waals surface area contributed by atoms with Crippen molar-refractivity contribution in [1.82, 2.24) is 0 Å². The Hall–Kier alpha value is -1.09. The molecule has 0 bridgehead atoms. The third kappa shape index (κ3) is 1.81. The van der Waals surface area contributed by atoms with E-state index in [1.807, 2.05) is 0 Å². The zero-order valence-electron chi connectivity index (χ0n) is 11.3. The molecule has 0 heterocycles. The Morgan fingerprint density at radius 2 is 2.22 bits per heavy atom. The van der Waals surface area contributed by atoms with Crippen molar-refractivity contribution in [2.24, 2.45) is 17.1 Å². The molecule has 2 aliphatic rings. The van der Waals surface area contributed by atoms with Gasteiger partial charge in [0.15, 0.2) is 0 Å². The van der Waals surface area contributed by atoms with E-state index in [2.05, 4.69) is 26.5 Å². The van der Waals surface area contributed by atoms with Gasteiger partial charge in [0.2, 0.25) is 0 Å². The minimum atomic E-state index is -0.885. The van der Waals surface area contributed by atoms with Crippen LogP contribution in [0.25, 0.3) is 0 Å². The van der Waals surface area contributed by atoms with Crippen LogP contribution in [0.1, 0.15) is 46.0 Å². The topological polar surface area (TPSA) is 63.3 Å². The monoisotopic (exact) mass is 249 g/mol. The van der Waals surface area contributed by atoms with Crippen LogP contribution in [0.5, 0.6) is 0 Å². The highest BCUT2D eigenvalue weighted by atomic mass is 16.4. The first-order chi connectivity index (χ1) is 8.30. The second kappa shape index (κ2) is 4.23. The van der Waals surface area contributed by atoms with Gasteiger partial charge in [-0.05, 0) is 50.4 Å². The van der Waals surface area contributed by atoms with Crippen LogP contribution in [0.15, 0.2) is 23.8 Å². The Balaban J connectivity index is 2.29. The zero-order chi connectivity index (χ0) is 13.6. The number of carboxylic acids is 1. The van der Waals surface area contributed by atoms with Crippen LogP contribution < -0.4 is 5.73 Å². The Labute approximate surface area is 109 Å². The maximum absolute atomic E-state index is 11.1. The molecule has 3 N–H and O–H groups in total. The summed E-state index contributed by atoms with van der Waals surface area (Å²) in [5, 5.41) is 9.09. The Morgan fingerprint density at radius 1 is 1.56 bits per heavy atom. The molecular formula is C15H23NO2. The fraction of sp³-hybridized carbons (Fsp3) is 0.667. The van der Waals surface area contributed by atoms with Crippen LogP contribution in [-0.2, 0) is 4.79 Å². The molecule has 0 aromatic carbocycles. The summed E-state index contributed by atoms with van der Waals surface area (Å²) in [6.45, 7) is 8.06. The minimum absolute atomic E-state index is 0.0158. The molecule has 2 rings (SSSR count). The predicted octanol–water partition coefficient (Wildman–Crippen LogP) is 2.87. The summed E-state index contributed by atoms with van der Waals surface area (Å²) in [7, 11) is 0. The molecule has 18 heavy (non-hydrogen) atoms. The molecule has 3 atom stereocenters. The van der Waals surface area contributed by atoms with Crippen LogP contribution in [0.3, 0.4) is 0 Å². The highest BCUT2D eigenvalue weighted by Gasteiger charge is 2.52. The first kappa shape index (κ1) is 13.3. The minimum Gasteiger partial charge on any atom is -0.478 e. The normalized spacial score (nSPS) is 39.7. The van der Waals surface area contributed by atoms with Gasteiger partial charge in [-0.25, -0.2) is 4.79 Å². The molecule has 0 radical (unpaired) electrons. The Morgan fingerprint density at radius 3 is 2.83 bits per heavy atom. The molecule has 100 valence electrons. The van der Waals surface area contributed by atoms with E-state index in [4.69, 9.17) is 10.8 Å². The first-order valence-electron chi connectivity index (χ1n) is 6.68. The summed E-state index contributed by atoms with van der Waals surface area (Å²) < 4.78 is 0. The highest BCUT2D eigenvalue weighted by molar-refractivity contribution is 5.86. The van der Waals surface area contributed by atoms with Gasteiger partial charge in [0.05, 0.1) is 0 Å². The molecule has 3 heteroatoms. The number of hydrogen-bond acceptors (Lipinski definition) is 2. The smallest absolute Gasteiger partial charge is 0.331 e. The van der Waals surface area contributed by atoms with Crippen molar-refractivity contribution in [2.45, 2.75) is 51.5 Å². The summed E-state index contributed by atoms with van der Waals surface area (Å²) in [6, 6.07) is 0. The molecule has 0 aromatic rings. The lowest BCUT2D eigenvalue weighted by Crippen LogP contribution is -2.60. The van der Waals surface area contributed by atoms with E-state index in [-0.39, 0.29) is 16.9 Å². The van der Waals surface area contributed by atoms with E-state index in [0.29, 0.717) is 5.57 Å². The van der Waals surface area contributed by atoms with Crippen molar-refractivity contribution < 1.29 is 9.90 Å². The van der Waals surface area contributed by atoms with Gasteiger partial charge in [0.25, 0.3) is 0 Å². The van der Waals surface area contributed by atoms with Gasteiger partial charge < -0.3 is 10.8 Å². The maximum Gasteiger partial charge on any atom is 0.331 e. The van der Waals surface area contributed by atoms with Gasteiger partial charge in [-0.15, -0.1) is 0 Å². The van der Waals surface area contributed by atoms with Crippen LogP contribution in [0, 0.1) is 11.3 Å². The lowest BCUT2D eigenvalue weighted by molar-refractivity contribution is -0.133. The molecule has 0 aromatic heterocycles. The number of carboxylic acid groups (broad SMARTS) is 1. The molecule has 0 aliphatic heterocycles. The molecule has 1 fully saturated rings. The number of allylic oxidation sites excluding steroid dienone is 1. The Bertz CT molecular complexity index is 426. The molecule has 1 saturated carbocycles. The third-order valence-corrected chi connectivity index (χ3v) is 5.31. The lowest BCUT2D eigenvalue weighted by atomic mass is 9.53. The van der Waals surface area contributed by atoms with Gasteiger partial charge >= 0.3 is 5.97 Å². The van der Waals surface area contributed by atoms with E-state index in [9.17, 15) is 4.79 Å². The summed E-state index contributed by atoms with van der Waals surface area (Å²) >= 11 is 0. The van der Waals surface area contributed by atoms with Gasteiger partial charge in [-0.3, -0.25) is 0 Å². The number of nitrogens with two attached hydrogens (primary N) is 1. The van der Waals surface area contributed by atoms with Crippen LogP contribution in [0.4, 0.5) is 0 Å². The van der Waals surface area contributed by atoms with Crippen LogP contribution >= 0.6 is 0 Å². The molecule has 0 amide bonds. The summed E-state index contributed by atoms with van der Waals surface area (Å²) in [6.07, 6.45) is 7.02. The number of rotatable bonds is 2. The van der Waals surface area contributed by atoms with E-state index >= 15 is 0 Å². The SMILES string of the molecule is C=C(C(=O)O)[C@@H]1CC[C@@]2(C)CCC=C(C)[C@]2(N)C1. The second-order valence-electron chi connectivity index (χ2n) is 6.23. The zero-order valence-corrected chi connectivity index (χ0v) is 11.3. The second-order valence-corrected chi connectivity index (χ2v) is 6.23. The van der Waals surface area contributed by atoms with Crippen molar-refractivity contribution in [2.75, 3.05) is 0 Å². The van der Waals surface area contributed by atoms with E-state index in [1.165, 1.54) is 5.57 Å². The van der Waals surface area contributed by atoms with Crippen molar-refractivity contribution in [3.63, 3.8) is 0 Å². The van der Waals surface area contributed by atoms with Gasteiger partial charge in [-0.2, -0.15) is 0 Å². The summed E-state index contributed by atoms with van der Waals surface area (Å²) in [4.78, 5) is 11.1. The van der Waals surface area contributed by atoms with Crippen molar-refractivity contribution >= 4 is 5.97 Å². The fourth-order valence-corrected chi connectivity index (χ4v) is 3.70. The van der Waals surface area contributed by atoms with Gasteiger partial charge in [-0.1, -0.05) is 25.2 Å². The maximum atomic E-state index is 11.1. The predicted molar refractivity (Wildman–Crippen MR) is 72.1 cm³/mol. The van der Waals surface area contributed by atoms with Crippen LogP contribution in [-0.4, -0.2) is 16.6 Å². The van der Waals surface area contributed by atoms with Gasteiger partial charge in [0.1, 0.15) is 0 Å². The van der Waals surface area contributed by atoms with Crippen molar-refractivity contribution in [1.29, 1.82) is 0 Å². The largest absolute Gasteiger partial charge is 0.478 e. The number of fused-ring (bicyclic) bond motifs is 1. The van der Waals surface area contributed by atoms with E-state index < -0.39 is 5.97 Å². The lowest BCUT2D eigenvalue weighted by Gasteiger charge is -2.55. The van der Waals surface area contributed by atoms with Crippen molar-refractivity contribution in [3.8, 4) is 0 Å². The molecule has 3 nitrogen and oxygen atoms in total. The quantitative estimate of drug-likeness (QED) is 0.584. The number of carbonyl (C=O) groups is 1. The van der Waals surface area contributed by atoms with Crippen LogP contribution in [0.2, 0.25) is 0 Å². The first-order valence-corrected chi connectivity index (χ1v) is 6.68.